The molecule has 0 unspecified atom stereocenters. The molecule has 3 aromatic rings. The Kier molecular flexibility index (Phi) is 8.47. The Morgan fingerprint density at radius 2 is 1.67 bits per heavy atom. The summed E-state index contributed by atoms with van der Waals surface area (Å²) in [4.78, 5) is 27.0. The average Bonchev–Trinajstić information content (AvgIpc) is 2.82. The molecule has 3 rings (SSSR count). The third-order valence-corrected chi connectivity index (χ3v) is 4.90. The van der Waals surface area contributed by atoms with E-state index in [0.29, 0.717) is 36.1 Å². The van der Waals surface area contributed by atoms with Crippen molar-refractivity contribution in [2.24, 2.45) is 5.92 Å². The zero-order valence-electron chi connectivity index (χ0n) is 19.4. The van der Waals surface area contributed by atoms with Crippen LogP contribution in [0.5, 0.6) is 5.75 Å². The van der Waals surface area contributed by atoms with E-state index in [1.807, 2.05) is 54.6 Å². The Morgan fingerprint density at radius 3 is 2.42 bits per heavy atom. The van der Waals surface area contributed by atoms with Gasteiger partial charge in [-0.15, -0.1) is 0 Å². The minimum Gasteiger partial charge on any atom is -0.491 e. The molecule has 0 atom stereocenters. The van der Waals surface area contributed by atoms with Crippen LogP contribution in [-0.2, 0) is 11.3 Å². The molecule has 2 amide bonds. The van der Waals surface area contributed by atoms with Gasteiger partial charge in [0.1, 0.15) is 5.75 Å². The van der Waals surface area contributed by atoms with Crippen LogP contribution in [0.4, 0.5) is 11.4 Å². The lowest BCUT2D eigenvalue weighted by Gasteiger charge is -2.18. The standard InChI is InChI=1S/C27H31N3O3/c1-20(2)19-33-25-15-8-7-14-24(25)28-17-26(31)29-23-13-9-12-22(16-23)27(32)30(3)18-21-10-5-4-6-11-21/h4-16,20,28H,17-19H2,1-3H3,(H,29,31). The van der Waals surface area contributed by atoms with Gasteiger partial charge in [0, 0.05) is 24.8 Å². The molecule has 0 fully saturated rings. The highest BCUT2D eigenvalue weighted by atomic mass is 16.5. The Morgan fingerprint density at radius 1 is 0.939 bits per heavy atom. The molecule has 3 aromatic carbocycles. The summed E-state index contributed by atoms with van der Waals surface area (Å²) in [6.45, 7) is 5.36. The van der Waals surface area contributed by atoms with Gasteiger partial charge in [0.15, 0.2) is 0 Å². The number of carbonyl (C=O) groups is 2. The van der Waals surface area contributed by atoms with Crippen molar-refractivity contribution in [1.29, 1.82) is 0 Å². The molecule has 0 bridgehead atoms. The van der Waals surface area contributed by atoms with Gasteiger partial charge < -0.3 is 20.3 Å². The quantitative estimate of drug-likeness (QED) is 0.458. The Bertz CT molecular complexity index is 1070. The van der Waals surface area contributed by atoms with Gasteiger partial charge in [-0.25, -0.2) is 0 Å². The van der Waals surface area contributed by atoms with E-state index in [0.717, 1.165) is 11.3 Å². The van der Waals surface area contributed by atoms with Crippen LogP contribution < -0.4 is 15.4 Å². The average molecular weight is 446 g/mol. The first-order chi connectivity index (χ1) is 15.9. The minimum atomic E-state index is -0.212. The van der Waals surface area contributed by atoms with Crippen molar-refractivity contribution in [3.05, 3.63) is 90.0 Å². The van der Waals surface area contributed by atoms with Crippen LogP contribution >= 0.6 is 0 Å². The summed E-state index contributed by atoms with van der Waals surface area (Å²) in [5, 5.41) is 5.98. The summed E-state index contributed by atoms with van der Waals surface area (Å²) in [5.41, 5.74) is 2.91. The van der Waals surface area contributed by atoms with Crippen LogP contribution in [0.2, 0.25) is 0 Å². The largest absolute Gasteiger partial charge is 0.491 e. The molecule has 33 heavy (non-hydrogen) atoms. The number of para-hydroxylation sites is 2. The zero-order valence-corrected chi connectivity index (χ0v) is 19.4. The van der Waals surface area contributed by atoms with Gasteiger partial charge in [-0.2, -0.15) is 0 Å². The summed E-state index contributed by atoms with van der Waals surface area (Å²) in [6, 6.07) is 24.4. The first kappa shape index (κ1) is 23.9. The molecule has 0 saturated carbocycles. The maximum absolute atomic E-state index is 12.8. The van der Waals surface area contributed by atoms with E-state index in [9.17, 15) is 9.59 Å². The topological polar surface area (TPSA) is 70.7 Å². The number of ether oxygens (including phenoxy) is 1. The predicted octanol–water partition coefficient (Wildman–Crippen LogP) is 5.04. The fraction of sp³-hybridized carbons (Fsp3) is 0.259. The zero-order chi connectivity index (χ0) is 23.6. The van der Waals surface area contributed by atoms with Crippen LogP contribution in [0, 0.1) is 5.92 Å². The minimum absolute atomic E-state index is 0.0775. The van der Waals surface area contributed by atoms with E-state index in [-0.39, 0.29) is 18.4 Å². The van der Waals surface area contributed by atoms with E-state index in [1.54, 1.807) is 36.2 Å². The molecule has 0 aliphatic rings. The van der Waals surface area contributed by atoms with Crippen molar-refractivity contribution in [2.45, 2.75) is 20.4 Å². The summed E-state index contributed by atoms with van der Waals surface area (Å²) in [7, 11) is 1.77. The second-order valence-corrected chi connectivity index (χ2v) is 8.33. The predicted molar refractivity (Wildman–Crippen MR) is 133 cm³/mol. The SMILES string of the molecule is CC(C)COc1ccccc1NCC(=O)Nc1cccc(C(=O)N(C)Cc2ccccc2)c1. The van der Waals surface area contributed by atoms with Gasteiger partial charge in [-0.05, 0) is 41.8 Å². The molecule has 6 heteroatoms. The molecule has 0 saturated heterocycles. The van der Waals surface area contributed by atoms with Crippen molar-refractivity contribution < 1.29 is 14.3 Å². The van der Waals surface area contributed by atoms with E-state index in [4.69, 9.17) is 4.74 Å². The second kappa shape index (κ2) is 11.7. The van der Waals surface area contributed by atoms with E-state index in [2.05, 4.69) is 24.5 Å². The summed E-state index contributed by atoms with van der Waals surface area (Å²) >= 11 is 0. The lowest BCUT2D eigenvalue weighted by Crippen LogP contribution is -2.26. The van der Waals surface area contributed by atoms with Crippen molar-refractivity contribution in [1.82, 2.24) is 4.90 Å². The first-order valence-corrected chi connectivity index (χ1v) is 11.1. The molecule has 0 aliphatic heterocycles. The third kappa shape index (κ3) is 7.38. The van der Waals surface area contributed by atoms with Crippen LogP contribution in [0.3, 0.4) is 0 Å². The van der Waals surface area contributed by atoms with Gasteiger partial charge in [0.2, 0.25) is 5.91 Å². The number of carbonyl (C=O) groups excluding carboxylic acids is 2. The van der Waals surface area contributed by atoms with Gasteiger partial charge in [0.25, 0.3) is 5.91 Å². The monoisotopic (exact) mass is 445 g/mol. The molecule has 0 spiro atoms. The number of rotatable bonds is 10. The summed E-state index contributed by atoms with van der Waals surface area (Å²) in [5.74, 6) is 0.802. The highest BCUT2D eigenvalue weighted by molar-refractivity contribution is 5.98. The van der Waals surface area contributed by atoms with Gasteiger partial charge in [0.05, 0.1) is 18.8 Å². The fourth-order valence-corrected chi connectivity index (χ4v) is 3.26. The first-order valence-electron chi connectivity index (χ1n) is 11.1. The molecule has 0 heterocycles. The number of hydrogen-bond donors (Lipinski definition) is 2. The van der Waals surface area contributed by atoms with Crippen LogP contribution in [0.1, 0.15) is 29.8 Å². The molecular formula is C27H31N3O3. The Balaban J connectivity index is 1.57. The van der Waals surface area contributed by atoms with Gasteiger partial charge in [-0.1, -0.05) is 62.4 Å². The maximum atomic E-state index is 12.8. The lowest BCUT2D eigenvalue weighted by atomic mass is 10.1. The van der Waals surface area contributed by atoms with Crippen molar-refractivity contribution >= 4 is 23.2 Å². The molecule has 0 aliphatic carbocycles. The molecule has 172 valence electrons. The molecular weight excluding hydrogens is 414 g/mol. The maximum Gasteiger partial charge on any atom is 0.253 e. The van der Waals surface area contributed by atoms with Crippen LogP contribution in [0.25, 0.3) is 0 Å². The summed E-state index contributed by atoms with van der Waals surface area (Å²) in [6.07, 6.45) is 0. The molecule has 2 N–H and O–H groups in total. The van der Waals surface area contributed by atoms with Crippen molar-refractivity contribution in [2.75, 3.05) is 30.8 Å². The van der Waals surface area contributed by atoms with Crippen LogP contribution in [0.15, 0.2) is 78.9 Å². The highest BCUT2D eigenvalue weighted by Gasteiger charge is 2.13. The van der Waals surface area contributed by atoms with Crippen LogP contribution in [-0.4, -0.2) is 36.9 Å². The Hall–Kier alpha value is -3.80. The smallest absolute Gasteiger partial charge is 0.253 e. The molecule has 0 aromatic heterocycles. The third-order valence-electron chi connectivity index (χ3n) is 4.90. The summed E-state index contributed by atoms with van der Waals surface area (Å²) < 4.78 is 5.82. The van der Waals surface area contributed by atoms with Gasteiger partial charge in [-0.3, -0.25) is 9.59 Å². The number of benzene rings is 3. The molecule has 6 nitrogen and oxygen atoms in total. The van der Waals surface area contributed by atoms with E-state index >= 15 is 0 Å². The van der Waals surface area contributed by atoms with Gasteiger partial charge >= 0.3 is 0 Å². The van der Waals surface area contributed by atoms with Crippen molar-refractivity contribution in [3.63, 3.8) is 0 Å². The number of amides is 2. The highest BCUT2D eigenvalue weighted by Crippen LogP contribution is 2.24. The Labute approximate surface area is 195 Å². The lowest BCUT2D eigenvalue weighted by molar-refractivity contribution is -0.114. The number of anilines is 2. The second-order valence-electron chi connectivity index (χ2n) is 8.33. The molecule has 0 radical (unpaired) electrons. The normalized spacial score (nSPS) is 10.5. The number of nitrogens with zero attached hydrogens (tertiary/aromatic N) is 1. The van der Waals surface area contributed by atoms with E-state index < -0.39 is 0 Å². The fourth-order valence-electron chi connectivity index (χ4n) is 3.26. The number of hydrogen-bond acceptors (Lipinski definition) is 4. The van der Waals surface area contributed by atoms with Crippen molar-refractivity contribution in [3.8, 4) is 5.75 Å². The van der Waals surface area contributed by atoms with E-state index in [1.165, 1.54) is 0 Å². The number of nitrogens with one attached hydrogen (secondary N) is 2.